The van der Waals surface area contributed by atoms with Gasteiger partial charge in [-0.2, -0.15) is 0 Å². The van der Waals surface area contributed by atoms with Gasteiger partial charge < -0.3 is 30.9 Å². The van der Waals surface area contributed by atoms with Crippen LogP contribution in [0.5, 0.6) is 5.75 Å². The number of Topliss-reactive ketones (excluding diaryl/α,β-unsaturated/α-hetero) is 2. The minimum Gasteiger partial charge on any atom is -0.508 e. The van der Waals surface area contributed by atoms with E-state index >= 15 is 0 Å². The van der Waals surface area contributed by atoms with E-state index in [1.54, 1.807) is 26.2 Å². The summed E-state index contributed by atoms with van der Waals surface area (Å²) in [6, 6.07) is 3.59. The maximum absolute atomic E-state index is 14.2. The largest absolute Gasteiger partial charge is 0.508 e. The normalized spacial score (nSPS) is 34.3. The van der Waals surface area contributed by atoms with Crippen molar-refractivity contribution in [1.29, 1.82) is 0 Å². The molecule has 0 bridgehead atoms. The lowest BCUT2D eigenvalue weighted by Crippen LogP contribution is -2.71. The van der Waals surface area contributed by atoms with E-state index in [9.17, 15) is 34.8 Å². The summed E-state index contributed by atoms with van der Waals surface area (Å²) in [5.74, 6) is -6.95. The molecule has 2 fully saturated rings. The number of fused-ring (bicyclic) bond motifs is 4. The number of likely N-dealkylation sites (N-methyl/N-ethyl adjacent to an activating group) is 1. The molecule has 5 aliphatic rings. The Hall–Kier alpha value is -3.63. The van der Waals surface area contributed by atoms with Crippen molar-refractivity contribution in [2.45, 2.75) is 55.8 Å². The van der Waals surface area contributed by atoms with E-state index in [1.807, 2.05) is 6.08 Å². The van der Waals surface area contributed by atoms with Gasteiger partial charge in [0.1, 0.15) is 28.9 Å². The second kappa shape index (κ2) is 8.69. The number of carbonyl (C=O) groups is 3. The van der Waals surface area contributed by atoms with E-state index in [-0.39, 0.29) is 22.8 Å². The van der Waals surface area contributed by atoms with E-state index in [2.05, 4.69) is 0 Å². The SMILES string of the molecule is CN(C)[C@H]1C(=O)C(C(N)=O)=C(O)[C@]2(O)C(=O)C3=C(O)c4c(O)cccc4[C@@H]4C=C(C5CCCCC5)O[C@H]([C@H]34)[C@H]12. The first-order valence-electron chi connectivity index (χ1n) is 13.3. The molecule has 0 spiro atoms. The fourth-order valence-electron chi connectivity index (χ4n) is 7.62. The molecule has 6 rings (SSSR count). The third-order valence-corrected chi connectivity index (χ3v) is 9.31. The molecular weight excluding hydrogens is 504 g/mol. The number of aliphatic hydroxyl groups excluding tert-OH is 2. The summed E-state index contributed by atoms with van der Waals surface area (Å²) in [6.45, 7) is 0. The fraction of sp³-hybridized carbons (Fsp3) is 0.483. The summed E-state index contributed by atoms with van der Waals surface area (Å²) in [4.78, 5) is 41.6. The number of aromatic hydroxyl groups is 1. The molecule has 0 saturated heterocycles. The maximum Gasteiger partial charge on any atom is 0.255 e. The Kier molecular flexibility index (Phi) is 5.71. The number of nitrogens with zero attached hydrogens (tertiary/aromatic N) is 1. The van der Waals surface area contributed by atoms with Gasteiger partial charge in [-0.15, -0.1) is 0 Å². The van der Waals surface area contributed by atoms with Crippen molar-refractivity contribution in [3.8, 4) is 5.75 Å². The van der Waals surface area contributed by atoms with Crippen LogP contribution in [-0.2, 0) is 19.1 Å². The van der Waals surface area contributed by atoms with Crippen molar-refractivity contribution in [3.05, 3.63) is 58.1 Å². The molecule has 6 N–H and O–H groups in total. The Morgan fingerprint density at radius 1 is 1.10 bits per heavy atom. The molecule has 39 heavy (non-hydrogen) atoms. The average molecular weight is 537 g/mol. The number of phenolic OH excluding ortho intramolecular Hbond substituents is 1. The molecule has 10 heteroatoms. The van der Waals surface area contributed by atoms with E-state index in [1.165, 1.54) is 11.0 Å². The van der Waals surface area contributed by atoms with Crippen molar-refractivity contribution < 1.29 is 39.5 Å². The summed E-state index contributed by atoms with van der Waals surface area (Å²) in [5, 5.41) is 45.5. The highest BCUT2D eigenvalue weighted by atomic mass is 16.5. The molecule has 1 amide bonds. The van der Waals surface area contributed by atoms with E-state index in [0.717, 1.165) is 32.1 Å². The molecule has 0 aromatic heterocycles. The molecule has 0 unspecified atom stereocenters. The van der Waals surface area contributed by atoms with Crippen molar-refractivity contribution >= 4 is 23.2 Å². The summed E-state index contributed by atoms with van der Waals surface area (Å²) < 4.78 is 6.63. The van der Waals surface area contributed by atoms with Crippen LogP contribution in [0.4, 0.5) is 0 Å². The van der Waals surface area contributed by atoms with Crippen LogP contribution in [0.2, 0.25) is 0 Å². The number of allylic oxidation sites excluding steroid dienone is 2. The third kappa shape index (κ3) is 3.31. The van der Waals surface area contributed by atoms with Crippen molar-refractivity contribution in [1.82, 2.24) is 4.90 Å². The minimum atomic E-state index is -2.78. The highest BCUT2D eigenvalue weighted by Crippen LogP contribution is 2.59. The first-order chi connectivity index (χ1) is 18.5. The van der Waals surface area contributed by atoms with Gasteiger partial charge in [0.05, 0.1) is 23.3 Å². The van der Waals surface area contributed by atoms with Gasteiger partial charge in [-0.1, -0.05) is 31.4 Å². The second-order valence-electron chi connectivity index (χ2n) is 11.5. The standard InChI is InChI=1S/C29H32N2O8/c1-31(2)22-21-25-18-14(11-16(39-25)12-7-4-3-5-8-12)13-9-6-10-15(32)17(13)23(33)19(18)26(35)29(21,38)27(36)20(24(22)34)28(30)37/h6,9-12,14,18,21-22,25,32-33,36,38H,3-5,7-8H2,1-2H3,(H2,30,37)/t14-,18-,21-,22+,25+,29+/m0/s1. The molecule has 1 heterocycles. The van der Waals surface area contributed by atoms with E-state index in [4.69, 9.17) is 10.5 Å². The van der Waals surface area contributed by atoms with Gasteiger partial charge in [0.25, 0.3) is 5.91 Å². The van der Waals surface area contributed by atoms with Gasteiger partial charge in [0.15, 0.2) is 11.4 Å². The predicted molar refractivity (Wildman–Crippen MR) is 138 cm³/mol. The lowest BCUT2D eigenvalue weighted by atomic mass is 9.53. The summed E-state index contributed by atoms with van der Waals surface area (Å²) in [5.41, 5.74) is 2.26. The number of hydrogen-bond acceptors (Lipinski definition) is 9. The van der Waals surface area contributed by atoms with Gasteiger partial charge in [-0.3, -0.25) is 19.3 Å². The Morgan fingerprint density at radius 3 is 2.44 bits per heavy atom. The van der Waals surface area contributed by atoms with Crippen molar-refractivity contribution in [2.24, 2.45) is 23.5 Å². The van der Waals surface area contributed by atoms with Crippen LogP contribution in [0.3, 0.4) is 0 Å². The van der Waals surface area contributed by atoms with Gasteiger partial charge in [-0.25, -0.2) is 0 Å². The van der Waals surface area contributed by atoms with E-state index < -0.39 is 70.1 Å². The predicted octanol–water partition coefficient (Wildman–Crippen LogP) is 1.98. The van der Waals surface area contributed by atoms with Crippen LogP contribution in [0.15, 0.2) is 46.9 Å². The Morgan fingerprint density at radius 2 is 1.79 bits per heavy atom. The molecule has 6 atom stereocenters. The fourth-order valence-corrected chi connectivity index (χ4v) is 7.62. The number of benzene rings is 1. The zero-order valence-electron chi connectivity index (χ0n) is 21.8. The highest BCUT2D eigenvalue weighted by molar-refractivity contribution is 6.24. The van der Waals surface area contributed by atoms with Crippen molar-refractivity contribution in [2.75, 3.05) is 14.1 Å². The molecule has 1 aromatic carbocycles. The summed E-state index contributed by atoms with van der Waals surface area (Å²) in [6.07, 6.45) is 5.83. The molecule has 2 saturated carbocycles. The molecule has 1 aromatic rings. The molecule has 10 nitrogen and oxygen atoms in total. The lowest BCUT2D eigenvalue weighted by molar-refractivity contribution is -0.174. The first kappa shape index (κ1) is 25.6. The number of ketones is 2. The van der Waals surface area contributed by atoms with Gasteiger partial charge in [0.2, 0.25) is 5.78 Å². The minimum absolute atomic E-state index is 0.0682. The Balaban J connectivity index is 1.66. The molecule has 0 radical (unpaired) electrons. The van der Waals surface area contributed by atoms with Crippen LogP contribution in [0, 0.1) is 17.8 Å². The lowest BCUT2D eigenvalue weighted by Gasteiger charge is -2.56. The van der Waals surface area contributed by atoms with Crippen LogP contribution in [0.1, 0.15) is 49.1 Å². The monoisotopic (exact) mass is 536 g/mol. The number of amides is 1. The smallest absolute Gasteiger partial charge is 0.255 e. The first-order valence-corrected chi connectivity index (χ1v) is 13.3. The number of rotatable bonds is 3. The number of hydrogen-bond donors (Lipinski definition) is 5. The maximum atomic E-state index is 14.2. The van der Waals surface area contributed by atoms with E-state index in [0.29, 0.717) is 11.3 Å². The number of aliphatic hydroxyl groups is 3. The second-order valence-corrected chi connectivity index (χ2v) is 11.5. The third-order valence-electron chi connectivity index (χ3n) is 9.31. The topological polar surface area (TPSA) is 171 Å². The van der Waals surface area contributed by atoms with Gasteiger partial charge in [-0.05, 0) is 44.6 Å². The highest BCUT2D eigenvalue weighted by Gasteiger charge is 2.70. The molecular formula is C29H32N2O8. The summed E-state index contributed by atoms with van der Waals surface area (Å²) in [7, 11) is 3.15. The average Bonchev–Trinajstić information content (AvgIpc) is 2.89. The van der Waals surface area contributed by atoms with Crippen molar-refractivity contribution in [3.63, 3.8) is 0 Å². The Bertz CT molecular complexity index is 1400. The van der Waals surface area contributed by atoms with Crippen LogP contribution < -0.4 is 5.73 Å². The zero-order valence-corrected chi connectivity index (χ0v) is 21.8. The number of phenols is 1. The van der Waals surface area contributed by atoms with Crippen LogP contribution in [-0.4, -0.2) is 74.6 Å². The molecule has 1 aliphatic heterocycles. The number of primary amides is 1. The zero-order chi connectivity index (χ0) is 28.0. The van der Waals surface area contributed by atoms with Gasteiger partial charge in [0, 0.05) is 23.3 Å². The molecule has 206 valence electrons. The van der Waals surface area contributed by atoms with Gasteiger partial charge >= 0.3 is 0 Å². The summed E-state index contributed by atoms with van der Waals surface area (Å²) >= 11 is 0. The number of nitrogens with two attached hydrogens (primary N) is 1. The number of carbonyl (C=O) groups excluding carboxylic acids is 3. The van der Waals surface area contributed by atoms with Crippen LogP contribution >= 0.6 is 0 Å². The molecule has 4 aliphatic carbocycles. The Labute approximate surface area is 225 Å². The van der Waals surface area contributed by atoms with Crippen LogP contribution in [0.25, 0.3) is 5.76 Å². The quantitative estimate of drug-likeness (QED) is 0.362. The number of ether oxygens (including phenoxy) is 1.